The lowest BCUT2D eigenvalue weighted by Gasteiger charge is -2.15. The molecule has 0 aliphatic carbocycles. The zero-order chi connectivity index (χ0) is 12.1. The topological polar surface area (TPSA) is 50.7 Å². The lowest BCUT2D eigenvalue weighted by molar-refractivity contribution is 0.686. The summed E-state index contributed by atoms with van der Waals surface area (Å²) >= 11 is 0. The first-order chi connectivity index (χ1) is 7.52. The number of rotatable bonds is 2. The normalized spacial score (nSPS) is 32.3. The lowest BCUT2D eigenvalue weighted by atomic mass is 9.96. The molecule has 0 aromatic rings. The van der Waals surface area contributed by atoms with Gasteiger partial charge in [0, 0.05) is 12.4 Å². The molecule has 3 heteroatoms. The van der Waals surface area contributed by atoms with E-state index in [-0.39, 0.29) is 0 Å². The van der Waals surface area contributed by atoms with E-state index in [2.05, 4.69) is 37.7 Å². The minimum atomic E-state index is 0.421. The molecule has 0 saturated carbocycles. The van der Waals surface area contributed by atoms with E-state index in [1.54, 1.807) is 6.20 Å². The number of amidine groups is 1. The van der Waals surface area contributed by atoms with Crippen LogP contribution in [0, 0.1) is 11.8 Å². The third kappa shape index (κ3) is 3.33. The highest BCUT2D eigenvalue weighted by atomic mass is 14.9. The average molecular weight is 219 g/mol. The number of hydrogen-bond donors (Lipinski definition) is 1. The smallest absolute Gasteiger partial charge is 0.149 e. The molecule has 1 aliphatic heterocycles. The van der Waals surface area contributed by atoms with E-state index in [1.807, 2.05) is 12.3 Å². The highest BCUT2D eigenvalue weighted by Gasteiger charge is 2.13. The number of nitrogens with two attached hydrogens (primary N) is 1. The van der Waals surface area contributed by atoms with Gasteiger partial charge in [-0.05, 0) is 30.8 Å². The van der Waals surface area contributed by atoms with E-state index in [4.69, 9.17) is 5.73 Å². The Morgan fingerprint density at radius 2 is 2.25 bits per heavy atom. The van der Waals surface area contributed by atoms with Gasteiger partial charge in [-0.25, -0.2) is 4.99 Å². The summed E-state index contributed by atoms with van der Waals surface area (Å²) in [6.07, 6.45) is 6.72. The van der Waals surface area contributed by atoms with Crippen LogP contribution in [0.1, 0.15) is 34.1 Å². The van der Waals surface area contributed by atoms with Crippen molar-refractivity contribution < 1.29 is 0 Å². The van der Waals surface area contributed by atoms with Crippen LogP contribution in [0.4, 0.5) is 0 Å². The van der Waals surface area contributed by atoms with Crippen LogP contribution < -0.4 is 5.73 Å². The van der Waals surface area contributed by atoms with Gasteiger partial charge in [-0.3, -0.25) is 4.99 Å². The number of aliphatic imine (C=N–C) groups is 2. The molecule has 0 amide bonds. The van der Waals surface area contributed by atoms with Gasteiger partial charge in [0.1, 0.15) is 11.5 Å². The molecule has 16 heavy (non-hydrogen) atoms. The summed E-state index contributed by atoms with van der Waals surface area (Å²) in [5.41, 5.74) is 7.96. The molecule has 0 spiro atoms. The maximum Gasteiger partial charge on any atom is 0.149 e. The fraction of sp³-hybridized carbons (Fsp3) is 0.538. The zero-order valence-corrected chi connectivity index (χ0v) is 10.6. The number of allylic oxidation sites excluding steroid dienone is 2. The van der Waals surface area contributed by atoms with Crippen molar-refractivity contribution in [3.05, 3.63) is 23.5 Å². The van der Waals surface area contributed by atoms with Gasteiger partial charge in [-0.1, -0.05) is 26.8 Å². The zero-order valence-electron chi connectivity index (χ0n) is 10.6. The molecular formula is C13H21N3. The summed E-state index contributed by atoms with van der Waals surface area (Å²) < 4.78 is 0. The Hall–Kier alpha value is -1.38. The molecule has 1 unspecified atom stereocenters. The van der Waals surface area contributed by atoms with Gasteiger partial charge in [0.05, 0.1) is 0 Å². The Kier molecular flexibility index (Phi) is 4.47. The molecular weight excluding hydrogens is 198 g/mol. The fourth-order valence-electron chi connectivity index (χ4n) is 1.46. The first kappa shape index (κ1) is 12.7. The van der Waals surface area contributed by atoms with E-state index in [9.17, 15) is 0 Å². The standard InChI is InChI=1S/C13H21N3/c1-9(2)8-16-12-11(4)10(3)6-5-7-15-13(12)14/h5,7-10H,6H2,1-4H3,(H2,14,15)/b7-5+,12-11+,16-8-. The highest BCUT2D eigenvalue weighted by molar-refractivity contribution is 5.99. The summed E-state index contributed by atoms with van der Waals surface area (Å²) in [4.78, 5) is 8.63. The summed E-state index contributed by atoms with van der Waals surface area (Å²) in [6.45, 7) is 8.46. The van der Waals surface area contributed by atoms with Crippen LogP contribution in [0.3, 0.4) is 0 Å². The van der Waals surface area contributed by atoms with Crippen LogP contribution in [-0.2, 0) is 0 Å². The van der Waals surface area contributed by atoms with Crippen LogP contribution >= 0.6 is 0 Å². The second-order valence-corrected chi connectivity index (χ2v) is 4.59. The third-order valence-electron chi connectivity index (χ3n) is 2.67. The number of hydrogen-bond acceptors (Lipinski definition) is 3. The van der Waals surface area contributed by atoms with Gasteiger partial charge in [0.15, 0.2) is 0 Å². The summed E-state index contributed by atoms with van der Waals surface area (Å²) in [7, 11) is 0. The molecule has 1 atom stereocenters. The van der Waals surface area contributed by atoms with Crippen molar-refractivity contribution in [2.45, 2.75) is 34.1 Å². The molecule has 0 radical (unpaired) electrons. The highest BCUT2D eigenvalue weighted by Crippen LogP contribution is 2.21. The van der Waals surface area contributed by atoms with Crippen LogP contribution in [0.5, 0.6) is 0 Å². The van der Waals surface area contributed by atoms with E-state index < -0.39 is 0 Å². The Bertz CT molecular complexity index is 359. The molecule has 0 aromatic carbocycles. The second-order valence-electron chi connectivity index (χ2n) is 4.59. The predicted octanol–water partition coefficient (Wildman–Crippen LogP) is 2.90. The fourth-order valence-corrected chi connectivity index (χ4v) is 1.46. The summed E-state index contributed by atoms with van der Waals surface area (Å²) in [5.74, 6) is 1.39. The van der Waals surface area contributed by atoms with Crippen molar-refractivity contribution in [1.29, 1.82) is 0 Å². The van der Waals surface area contributed by atoms with Crippen LogP contribution in [0.15, 0.2) is 33.5 Å². The van der Waals surface area contributed by atoms with Crippen molar-refractivity contribution in [2.75, 3.05) is 0 Å². The molecule has 0 fully saturated rings. The van der Waals surface area contributed by atoms with Gasteiger partial charge in [0.25, 0.3) is 0 Å². The van der Waals surface area contributed by atoms with Crippen molar-refractivity contribution in [1.82, 2.24) is 0 Å². The summed E-state index contributed by atoms with van der Waals surface area (Å²) in [6, 6.07) is 0. The Morgan fingerprint density at radius 3 is 2.88 bits per heavy atom. The largest absolute Gasteiger partial charge is 0.382 e. The van der Waals surface area contributed by atoms with E-state index in [0.29, 0.717) is 17.7 Å². The van der Waals surface area contributed by atoms with Crippen LogP contribution in [0.2, 0.25) is 0 Å². The van der Waals surface area contributed by atoms with E-state index in [1.165, 1.54) is 5.57 Å². The molecule has 1 heterocycles. The lowest BCUT2D eigenvalue weighted by Crippen LogP contribution is -2.18. The van der Waals surface area contributed by atoms with Crippen molar-refractivity contribution >= 4 is 12.1 Å². The van der Waals surface area contributed by atoms with Crippen molar-refractivity contribution in [3.63, 3.8) is 0 Å². The predicted molar refractivity (Wildman–Crippen MR) is 70.6 cm³/mol. The van der Waals surface area contributed by atoms with Crippen molar-refractivity contribution in [2.24, 2.45) is 27.6 Å². The minimum absolute atomic E-state index is 0.421. The Balaban J connectivity index is 3.10. The Morgan fingerprint density at radius 1 is 1.56 bits per heavy atom. The van der Waals surface area contributed by atoms with Crippen LogP contribution in [-0.4, -0.2) is 12.1 Å². The minimum Gasteiger partial charge on any atom is -0.382 e. The monoisotopic (exact) mass is 219 g/mol. The van der Waals surface area contributed by atoms with Gasteiger partial charge >= 0.3 is 0 Å². The molecule has 3 nitrogen and oxygen atoms in total. The SMILES string of the molecule is C/C1=C(\N=C/C(C)C)C(/N)=N/C=C/CC1C. The molecule has 88 valence electrons. The molecule has 1 aliphatic rings. The van der Waals surface area contributed by atoms with E-state index in [0.717, 1.165) is 12.1 Å². The second kappa shape index (κ2) is 5.64. The maximum atomic E-state index is 5.91. The quantitative estimate of drug-likeness (QED) is 0.713. The summed E-state index contributed by atoms with van der Waals surface area (Å²) in [5, 5.41) is 0. The van der Waals surface area contributed by atoms with Crippen molar-refractivity contribution in [3.8, 4) is 0 Å². The number of nitrogens with zero attached hydrogens (tertiary/aromatic N) is 2. The first-order valence-corrected chi connectivity index (χ1v) is 5.76. The molecule has 0 bridgehead atoms. The maximum absolute atomic E-state index is 5.91. The van der Waals surface area contributed by atoms with Gasteiger partial charge in [0.2, 0.25) is 0 Å². The molecule has 2 N–H and O–H groups in total. The molecule has 0 saturated heterocycles. The molecule has 0 aromatic heterocycles. The Labute approximate surface area is 97.9 Å². The van der Waals surface area contributed by atoms with Gasteiger partial charge in [-0.15, -0.1) is 0 Å². The van der Waals surface area contributed by atoms with Gasteiger partial charge < -0.3 is 5.73 Å². The van der Waals surface area contributed by atoms with Crippen LogP contribution in [0.25, 0.3) is 0 Å². The van der Waals surface area contributed by atoms with Gasteiger partial charge in [-0.2, -0.15) is 0 Å². The third-order valence-corrected chi connectivity index (χ3v) is 2.67. The first-order valence-electron chi connectivity index (χ1n) is 5.76. The average Bonchev–Trinajstić information content (AvgIpc) is 2.22. The van der Waals surface area contributed by atoms with E-state index >= 15 is 0 Å². The molecule has 1 rings (SSSR count).